The molecule has 1 aromatic carbocycles. The third-order valence-electron chi connectivity index (χ3n) is 7.25. The predicted molar refractivity (Wildman–Crippen MR) is 88.3 cm³/mol. The fourth-order valence-electron chi connectivity index (χ4n) is 6.21. The predicted octanol–water partition coefficient (Wildman–Crippen LogP) is 3.43. The molecule has 0 spiro atoms. The summed E-state index contributed by atoms with van der Waals surface area (Å²) in [7, 11) is 0. The zero-order chi connectivity index (χ0) is 16.2. The minimum atomic E-state index is -0.302. The molecule has 3 aliphatic carbocycles. The van der Waals surface area contributed by atoms with E-state index in [4.69, 9.17) is 0 Å². The molecule has 4 rings (SSSR count). The summed E-state index contributed by atoms with van der Waals surface area (Å²) in [5, 5.41) is 19.1. The van der Waals surface area contributed by atoms with Crippen LogP contribution in [0.15, 0.2) is 18.2 Å². The molecule has 2 fully saturated rings. The number of rotatable bonds is 2. The van der Waals surface area contributed by atoms with Gasteiger partial charge in [0, 0.05) is 5.92 Å². The summed E-state index contributed by atoms with van der Waals surface area (Å²) in [6.45, 7) is 1.99. The van der Waals surface area contributed by atoms with E-state index in [9.17, 15) is 15.0 Å². The van der Waals surface area contributed by atoms with E-state index < -0.39 is 0 Å². The first kappa shape index (κ1) is 15.2. The molecule has 23 heavy (non-hydrogen) atoms. The Morgan fingerprint density at radius 3 is 2.87 bits per heavy atom. The van der Waals surface area contributed by atoms with Gasteiger partial charge in [-0.1, -0.05) is 13.0 Å². The lowest BCUT2D eigenvalue weighted by Crippen LogP contribution is -2.44. The molecule has 3 aliphatic rings. The number of benzene rings is 1. The number of ketones is 1. The minimum absolute atomic E-state index is 0.0505. The zero-order valence-corrected chi connectivity index (χ0v) is 13.8. The van der Waals surface area contributed by atoms with Gasteiger partial charge in [0.25, 0.3) is 0 Å². The molecule has 2 N–H and O–H groups in total. The summed E-state index contributed by atoms with van der Waals surface area (Å²) in [6, 6.07) is 5.88. The third-order valence-corrected chi connectivity index (χ3v) is 7.25. The van der Waals surface area contributed by atoms with Gasteiger partial charge in [-0.15, -0.1) is 0 Å². The Hall–Kier alpha value is -1.35. The number of carbonyl (C=O) groups is 1. The van der Waals surface area contributed by atoms with Crippen LogP contribution in [0.2, 0.25) is 0 Å². The molecule has 1 unspecified atom stereocenters. The maximum atomic E-state index is 12.2. The first-order valence-electron chi connectivity index (χ1n) is 9.00. The van der Waals surface area contributed by atoms with Crippen molar-refractivity contribution in [3.8, 4) is 5.75 Å². The molecule has 3 heteroatoms. The molecule has 0 amide bonds. The lowest BCUT2D eigenvalue weighted by atomic mass is 9.54. The molecule has 0 heterocycles. The Bertz CT molecular complexity index is 638. The Balaban J connectivity index is 1.66. The van der Waals surface area contributed by atoms with Gasteiger partial charge in [0.15, 0.2) is 5.78 Å². The van der Waals surface area contributed by atoms with Gasteiger partial charge in [0.05, 0.1) is 0 Å². The van der Waals surface area contributed by atoms with Crippen molar-refractivity contribution in [2.75, 3.05) is 6.61 Å². The van der Waals surface area contributed by atoms with E-state index in [1.165, 1.54) is 17.5 Å². The molecule has 124 valence electrons. The molecule has 0 radical (unpaired) electrons. The number of hydrogen-bond donors (Lipinski definition) is 2. The molecule has 0 aromatic heterocycles. The highest BCUT2D eigenvalue weighted by Gasteiger charge is 2.56. The number of hydrogen-bond acceptors (Lipinski definition) is 3. The van der Waals surface area contributed by atoms with Crippen molar-refractivity contribution in [2.45, 2.75) is 51.4 Å². The maximum absolute atomic E-state index is 12.2. The van der Waals surface area contributed by atoms with E-state index in [-0.39, 0.29) is 23.7 Å². The molecule has 1 aromatic rings. The van der Waals surface area contributed by atoms with Crippen molar-refractivity contribution >= 4 is 5.78 Å². The Morgan fingerprint density at radius 1 is 1.26 bits per heavy atom. The smallest absolute Gasteiger partial charge is 0.161 e. The summed E-state index contributed by atoms with van der Waals surface area (Å²) in [4.78, 5) is 12.2. The molecular formula is C20H26O3. The summed E-state index contributed by atoms with van der Waals surface area (Å²) in [5.74, 6) is 2.32. The molecule has 5 atom stereocenters. The normalized spacial score (nSPS) is 38.5. The van der Waals surface area contributed by atoms with Gasteiger partial charge in [-0.05, 0) is 85.0 Å². The third kappa shape index (κ3) is 2.16. The van der Waals surface area contributed by atoms with Crippen LogP contribution in [0.1, 0.15) is 56.1 Å². The fourth-order valence-corrected chi connectivity index (χ4v) is 6.21. The van der Waals surface area contributed by atoms with Crippen LogP contribution in [0.5, 0.6) is 5.75 Å². The van der Waals surface area contributed by atoms with E-state index >= 15 is 0 Å². The molecule has 3 nitrogen and oxygen atoms in total. The number of aryl methyl sites for hydroxylation is 1. The quantitative estimate of drug-likeness (QED) is 0.879. The van der Waals surface area contributed by atoms with Gasteiger partial charge in [0.2, 0.25) is 0 Å². The van der Waals surface area contributed by atoms with E-state index in [0.29, 0.717) is 23.5 Å². The minimum Gasteiger partial charge on any atom is -0.508 e. The van der Waals surface area contributed by atoms with Crippen LogP contribution in [-0.4, -0.2) is 22.6 Å². The van der Waals surface area contributed by atoms with Crippen LogP contribution in [0.4, 0.5) is 0 Å². The number of phenols is 1. The Labute approximate surface area is 137 Å². The van der Waals surface area contributed by atoms with Crippen LogP contribution < -0.4 is 0 Å². The van der Waals surface area contributed by atoms with Crippen LogP contribution in [0.3, 0.4) is 0 Å². The number of phenolic OH excluding ortho intramolecular Hbond substituents is 1. The van der Waals surface area contributed by atoms with Crippen molar-refractivity contribution in [1.82, 2.24) is 0 Å². The maximum Gasteiger partial charge on any atom is 0.161 e. The summed E-state index contributed by atoms with van der Waals surface area (Å²) in [5.41, 5.74) is 2.82. The summed E-state index contributed by atoms with van der Waals surface area (Å²) < 4.78 is 0. The Kier molecular flexibility index (Phi) is 3.53. The highest BCUT2D eigenvalue weighted by atomic mass is 16.3. The van der Waals surface area contributed by atoms with E-state index in [1.807, 2.05) is 12.1 Å². The summed E-state index contributed by atoms with van der Waals surface area (Å²) in [6.07, 6.45) is 6.49. The second-order valence-corrected chi connectivity index (χ2v) is 8.10. The number of Topliss-reactive ketones (excluding diaryl/α,β-unsaturated/α-hetero) is 1. The van der Waals surface area contributed by atoms with Crippen molar-refractivity contribution < 1.29 is 15.0 Å². The average Bonchev–Trinajstić information content (AvgIpc) is 2.90. The first-order chi connectivity index (χ1) is 11.0. The average molecular weight is 314 g/mol. The first-order valence-corrected chi connectivity index (χ1v) is 9.00. The van der Waals surface area contributed by atoms with E-state index in [2.05, 4.69) is 13.0 Å². The van der Waals surface area contributed by atoms with Gasteiger partial charge in [0.1, 0.15) is 12.4 Å². The lowest BCUT2D eigenvalue weighted by molar-refractivity contribution is -0.130. The highest BCUT2D eigenvalue weighted by molar-refractivity contribution is 5.83. The molecule has 0 bridgehead atoms. The van der Waals surface area contributed by atoms with Crippen molar-refractivity contribution in [3.05, 3.63) is 29.3 Å². The summed E-state index contributed by atoms with van der Waals surface area (Å²) >= 11 is 0. The standard InChI is InChI=1S/C20H26O3/c1-20-9-8-15-14-5-3-13(22)10-12(14)2-4-16(15)17(20)6-7-18(20)19(23)11-21/h3,5,10,15-18,21-22H,2,4,6-9,11H2,1H3/t15-,16-,17+,18?,20+/m1/s1. The lowest BCUT2D eigenvalue weighted by Gasteiger charge is -2.50. The topological polar surface area (TPSA) is 57.5 Å². The number of aliphatic hydroxyl groups excluding tert-OH is 1. The molecule has 0 saturated heterocycles. The zero-order valence-electron chi connectivity index (χ0n) is 13.8. The number of aliphatic hydroxyl groups is 1. The van der Waals surface area contributed by atoms with Crippen LogP contribution in [-0.2, 0) is 11.2 Å². The SMILES string of the molecule is C[C@]12CC[C@@H]3c4ccc(O)cc4CC[C@H]3[C@@H]1CCC2C(=O)CO. The van der Waals surface area contributed by atoms with Crippen molar-refractivity contribution in [3.63, 3.8) is 0 Å². The van der Waals surface area contributed by atoms with Gasteiger partial charge < -0.3 is 10.2 Å². The van der Waals surface area contributed by atoms with Crippen LogP contribution in [0, 0.1) is 23.2 Å². The van der Waals surface area contributed by atoms with Crippen LogP contribution >= 0.6 is 0 Å². The highest BCUT2D eigenvalue weighted by Crippen LogP contribution is 2.63. The number of aromatic hydroxyl groups is 1. The largest absolute Gasteiger partial charge is 0.508 e. The number of carbonyl (C=O) groups excluding carboxylic acids is 1. The van der Waals surface area contributed by atoms with Gasteiger partial charge in [-0.3, -0.25) is 4.79 Å². The molecule has 0 aliphatic heterocycles. The van der Waals surface area contributed by atoms with Crippen LogP contribution in [0.25, 0.3) is 0 Å². The monoisotopic (exact) mass is 314 g/mol. The van der Waals surface area contributed by atoms with Crippen molar-refractivity contribution in [1.29, 1.82) is 0 Å². The van der Waals surface area contributed by atoms with Gasteiger partial charge in [-0.2, -0.15) is 0 Å². The Morgan fingerprint density at radius 2 is 2.09 bits per heavy atom. The second-order valence-electron chi connectivity index (χ2n) is 8.10. The second kappa shape index (κ2) is 5.34. The van der Waals surface area contributed by atoms with E-state index in [1.54, 1.807) is 0 Å². The van der Waals surface area contributed by atoms with Crippen molar-refractivity contribution in [2.24, 2.45) is 23.2 Å². The van der Waals surface area contributed by atoms with Gasteiger partial charge >= 0.3 is 0 Å². The molecule has 2 saturated carbocycles. The molecular weight excluding hydrogens is 288 g/mol. The number of fused-ring (bicyclic) bond motifs is 5. The van der Waals surface area contributed by atoms with E-state index in [0.717, 1.165) is 32.1 Å². The van der Waals surface area contributed by atoms with Gasteiger partial charge in [-0.25, -0.2) is 0 Å². The fraction of sp³-hybridized carbons (Fsp3) is 0.650.